The van der Waals surface area contributed by atoms with Gasteiger partial charge in [-0.05, 0) is 40.8 Å². The molecule has 1 unspecified atom stereocenters. The average molecular weight is 396 g/mol. The predicted octanol–water partition coefficient (Wildman–Crippen LogP) is 3.33. The van der Waals surface area contributed by atoms with E-state index in [1.54, 1.807) is 11.0 Å². The van der Waals surface area contributed by atoms with Crippen LogP contribution < -0.4 is 4.90 Å². The molecule has 3 nitrogen and oxygen atoms in total. The Hall–Kier alpha value is -0.270. The largest absolute Gasteiger partial charge is 0.311 e. The lowest BCUT2D eigenvalue weighted by Crippen LogP contribution is -2.24. The van der Waals surface area contributed by atoms with Crippen molar-refractivity contribution in [3.63, 3.8) is 0 Å². The summed E-state index contributed by atoms with van der Waals surface area (Å²) in [6, 6.07) is 5.56. The van der Waals surface area contributed by atoms with Gasteiger partial charge in [0.2, 0.25) is 5.91 Å². The van der Waals surface area contributed by atoms with Gasteiger partial charge < -0.3 is 4.90 Å². The Balaban J connectivity index is 2.16. The first kappa shape index (κ1) is 14.1. The van der Waals surface area contributed by atoms with Crippen molar-refractivity contribution in [2.45, 2.75) is 18.6 Å². The molecular formula is C12H11ClINO2S. The lowest BCUT2D eigenvalue weighted by molar-refractivity contribution is -0.117. The van der Waals surface area contributed by atoms with Crippen molar-refractivity contribution in [1.82, 2.24) is 0 Å². The second kappa shape index (κ2) is 5.79. The Kier molecular flexibility index (Phi) is 4.55. The van der Waals surface area contributed by atoms with E-state index in [4.69, 9.17) is 11.6 Å². The van der Waals surface area contributed by atoms with Gasteiger partial charge in [0.25, 0.3) is 0 Å². The Morgan fingerprint density at radius 1 is 1.56 bits per heavy atom. The molecule has 0 spiro atoms. The number of carbonyl (C=O) groups is 2. The van der Waals surface area contributed by atoms with E-state index in [-0.39, 0.29) is 16.3 Å². The topological polar surface area (TPSA) is 37.4 Å². The number of hydrogen-bond donors (Lipinski definition) is 0. The van der Waals surface area contributed by atoms with Crippen LogP contribution in [0.3, 0.4) is 0 Å². The van der Waals surface area contributed by atoms with Crippen LogP contribution >= 0.6 is 46.0 Å². The van der Waals surface area contributed by atoms with Gasteiger partial charge in [-0.3, -0.25) is 9.59 Å². The molecule has 6 heteroatoms. The van der Waals surface area contributed by atoms with Gasteiger partial charge in [-0.25, -0.2) is 0 Å². The van der Waals surface area contributed by atoms with Crippen LogP contribution in [-0.4, -0.2) is 22.8 Å². The van der Waals surface area contributed by atoms with E-state index in [9.17, 15) is 9.59 Å². The molecule has 96 valence electrons. The maximum atomic E-state index is 11.9. The summed E-state index contributed by atoms with van der Waals surface area (Å²) in [4.78, 5) is 24.7. The van der Waals surface area contributed by atoms with Gasteiger partial charge in [-0.2, -0.15) is 0 Å². The summed E-state index contributed by atoms with van der Waals surface area (Å²) in [6.45, 7) is 2.10. The number of amides is 1. The van der Waals surface area contributed by atoms with E-state index in [1.807, 2.05) is 12.1 Å². The molecule has 0 radical (unpaired) electrons. The standard InChI is InChI=1S/C12H11ClINO2S/c1-7(16)18-9-5-12(17)15(6-9)8-2-3-11(14)10(13)4-8/h2-4,9H,5-6H2,1H3. The summed E-state index contributed by atoms with van der Waals surface area (Å²) in [5, 5.41) is 0.743. The SMILES string of the molecule is CC(=O)SC1CC(=O)N(c2ccc(I)c(Cl)c2)C1. The normalized spacial score (nSPS) is 19.4. The molecule has 18 heavy (non-hydrogen) atoms. The molecule has 1 saturated heterocycles. The second-order valence-corrected chi connectivity index (χ2v) is 7.08. The van der Waals surface area contributed by atoms with Crippen molar-refractivity contribution in [1.29, 1.82) is 0 Å². The van der Waals surface area contributed by atoms with Crippen LogP contribution in [0.5, 0.6) is 0 Å². The molecule has 1 aromatic rings. The highest BCUT2D eigenvalue weighted by molar-refractivity contribution is 14.1. The molecule has 0 aromatic heterocycles. The summed E-state index contributed by atoms with van der Waals surface area (Å²) < 4.78 is 0.958. The minimum Gasteiger partial charge on any atom is -0.311 e. The number of benzene rings is 1. The molecule has 0 saturated carbocycles. The van der Waals surface area contributed by atoms with Gasteiger partial charge in [0.05, 0.1) is 5.02 Å². The third-order valence-corrected chi connectivity index (χ3v) is 5.19. The van der Waals surface area contributed by atoms with Gasteiger partial charge in [-0.15, -0.1) is 0 Å². The monoisotopic (exact) mass is 395 g/mol. The van der Waals surface area contributed by atoms with Crippen LogP contribution in [-0.2, 0) is 9.59 Å². The summed E-state index contributed by atoms with van der Waals surface area (Å²) in [5.74, 6) is 0.0472. The molecule has 0 bridgehead atoms. The van der Waals surface area contributed by atoms with Crippen molar-refractivity contribution >= 4 is 62.7 Å². The van der Waals surface area contributed by atoms with Crippen molar-refractivity contribution in [2.24, 2.45) is 0 Å². The average Bonchev–Trinajstić information content (AvgIpc) is 2.62. The molecule has 1 amide bonds. The highest BCUT2D eigenvalue weighted by Gasteiger charge is 2.31. The van der Waals surface area contributed by atoms with E-state index >= 15 is 0 Å². The number of anilines is 1. The zero-order valence-corrected chi connectivity index (χ0v) is 13.4. The third kappa shape index (κ3) is 3.19. The lowest BCUT2D eigenvalue weighted by atomic mass is 10.3. The zero-order chi connectivity index (χ0) is 13.3. The number of carbonyl (C=O) groups excluding carboxylic acids is 2. The van der Waals surface area contributed by atoms with Crippen molar-refractivity contribution in [3.05, 3.63) is 26.8 Å². The number of halogens is 2. The van der Waals surface area contributed by atoms with Gasteiger partial charge in [-0.1, -0.05) is 23.4 Å². The van der Waals surface area contributed by atoms with E-state index in [0.717, 1.165) is 9.26 Å². The van der Waals surface area contributed by atoms with Crippen LogP contribution in [0.15, 0.2) is 18.2 Å². The predicted molar refractivity (Wildman–Crippen MR) is 83.2 cm³/mol. The molecule has 1 heterocycles. The number of thioether (sulfide) groups is 1. The van der Waals surface area contributed by atoms with Gasteiger partial charge in [0.15, 0.2) is 5.12 Å². The minimum absolute atomic E-state index is 0.0472. The van der Waals surface area contributed by atoms with E-state index in [2.05, 4.69) is 22.6 Å². The van der Waals surface area contributed by atoms with Crippen LogP contribution in [0.4, 0.5) is 5.69 Å². The zero-order valence-electron chi connectivity index (χ0n) is 9.65. The Bertz CT molecular complexity index is 509. The van der Waals surface area contributed by atoms with Crippen molar-refractivity contribution < 1.29 is 9.59 Å². The van der Waals surface area contributed by atoms with Crippen LogP contribution in [0.2, 0.25) is 5.02 Å². The smallest absolute Gasteiger partial charge is 0.228 e. The molecule has 1 atom stereocenters. The third-order valence-electron chi connectivity index (χ3n) is 2.64. The summed E-state index contributed by atoms with van der Waals surface area (Å²) in [5.41, 5.74) is 0.803. The van der Waals surface area contributed by atoms with E-state index < -0.39 is 0 Å². The van der Waals surface area contributed by atoms with Crippen LogP contribution in [0, 0.1) is 3.57 Å². The Morgan fingerprint density at radius 3 is 2.89 bits per heavy atom. The fraction of sp³-hybridized carbons (Fsp3) is 0.333. The van der Waals surface area contributed by atoms with Gasteiger partial charge >= 0.3 is 0 Å². The first-order valence-corrected chi connectivity index (χ1v) is 7.73. The highest BCUT2D eigenvalue weighted by atomic mass is 127. The number of hydrogen-bond acceptors (Lipinski definition) is 3. The fourth-order valence-electron chi connectivity index (χ4n) is 1.89. The summed E-state index contributed by atoms with van der Waals surface area (Å²) >= 11 is 9.44. The maximum Gasteiger partial charge on any atom is 0.228 e. The number of rotatable bonds is 2. The molecule has 2 rings (SSSR count). The van der Waals surface area contributed by atoms with E-state index in [0.29, 0.717) is 18.0 Å². The fourth-order valence-corrected chi connectivity index (χ4v) is 3.32. The Labute approximate surface area is 128 Å². The van der Waals surface area contributed by atoms with Crippen LogP contribution in [0.1, 0.15) is 13.3 Å². The first-order chi connectivity index (χ1) is 8.47. The summed E-state index contributed by atoms with van der Waals surface area (Å²) in [7, 11) is 0. The molecule has 1 aliphatic rings. The molecule has 0 aliphatic carbocycles. The highest BCUT2D eigenvalue weighted by Crippen LogP contribution is 2.31. The van der Waals surface area contributed by atoms with Gasteiger partial charge in [0, 0.05) is 34.4 Å². The quantitative estimate of drug-likeness (QED) is 0.721. The molecular weight excluding hydrogens is 385 g/mol. The maximum absolute atomic E-state index is 11.9. The minimum atomic E-state index is 0.0472. The van der Waals surface area contributed by atoms with E-state index in [1.165, 1.54) is 18.7 Å². The second-order valence-electron chi connectivity index (χ2n) is 4.04. The molecule has 0 N–H and O–H groups in total. The Morgan fingerprint density at radius 2 is 2.28 bits per heavy atom. The van der Waals surface area contributed by atoms with Gasteiger partial charge in [0.1, 0.15) is 0 Å². The molecule has 1 aromatic carbocycles. The first-order valence-electron chi connectivity index (χ1n) is 5.40. The van der Waals surface area contributed by atoms with Crippen molar-refractivity contribution in [3.8, 4) is 0 Å². The molecule has 1 fully saturated rings. The van der Waals surface area contributed by atoms with Crippen LogP contribution in [0.25, 0.3) is 0 Å². The molecule has 1 aliphatic heterocycles. The summed E-state index contributed by atoms with van der Waals surface area (Å²) in [6.07, 6.45) is 0.411. The number of nitrogens with zero attached hydrogens (tertiary/aromatic N) is 1. The lowest BCUT2D eigenvalue weighted by Gasteiger charge is -2.17. The van der Waals surface area contributed by atoms with Crippen molar-refractivity contribution in [2.75, 3.05) is 11.4 Å².